The fraction of sp³-hybridized carbons (Fsp3) is 0.143. The molecule has 2 aromatic carbocycles. The third kappa shape index (κ3) is 4.57. The fourth-order valence-electron chi connectivity index (χ4n) is 3.24. The standard InChI is InChI=1S/C21H21ClN8O/c1-30(2)21(25-12-31)13-6-8-15(9-7-13)26-20-17-18(23-11-24-19(17)28-29-20)27-16-5-3-4-14(22)10-16/h3-12,21H,1-2H3,(H,25,31)(H3,23,24,26,27,28,29). The maximum Gasteiger partial charge on any atom is 0.208 e. The van der Waals surface area contributed by atoms with E-state index in [0.29, 0.717) is 28.7 Å². The third-order valence-corrected chi connectivity index (χ3v) is 4.91. The molecule has 0 aliphatic carbocycles. The van der Waals surface area contributed by atoms with Crippen LogP contribution in [0.3, 0.4) is 0 Å². The van der Waals surface area contributed by atoms with E-state index in [-0.39, 0.29) is 6.17 Å². The maximum absolute atomic E-state index is 10.9. The van der Waals surface area contributed by atoms with Crippen molar-refractivity contribution in [3.63, 3.8) is 0 Å². The Morgan fingerprint density at radius 3 is 2.52 bits per heavy atom. The molecule has 4 aromatic rings. The first-order chi connectivity index (χ1) is 15.0. The van der Waals surface area contributed by atoms with Gasteiger partial charge in [-0.25, -0.2) is 9.97 Å². The van der Waals surface area contributed by atoms with Gasteiger partial charge in [-0.2, -0.15) is 5.10 Å². The molecule has 31 heavy (non-hydrogen) atoms. The van der Waals surface area contributed by atoms with Gasteiger partial charge in [0.05, 0.1) is 0 Å². The molecule has 0 radical (unpaired) electrons. The van der Waals surface area contributed by atoms with Crippen LogP contribution in [0.5, 0.6) is 0 Å². The highest BCUT2D eigenvalue weighted by Crippen LogP contribution is 2.30. The van der Waals surface area contributed by atoms with E-state index in [4.69, 9.17) is 11.6 Å². The molecule has 1 unspecified atom stereocenters. The van der Waals surface area contributed by atoms with E-state index < -0.39 is 0 Å². The molecular weight excluding hydrogens is 416 g/mol. The molecule has 1 atom stereocenters. The maximum atomic E-state index is 10.9. The van der Waals surface area contributed by atoms with E-state index in [9.17, 15) is 4.79 Å². The molecule has 2 heterocycles. The number of H-pyrrole nitrogens is 1. The van der Waals surface area contributed by atoms with Crippen molar-refractivity contribution in [3.8, 4) is 0 Å². The third-order valence-electron chi connectivity index (χ3n) is 4.68. The molecule has 0 fully saturated rings. The van der Waals surface area contributed by atoms with E-state index >= 15 is 0 Å². The molecule has 0 saturated heterocycles. The number of nitrogens with zero attached hydrogens (tertiary/aromatic N) is 4. The minimum absolute atomic E-state index is 0.209. The zero-order chi connectivity index (χ0) is 21.8. The van der Waals surface area contributed by atoms with E-state index in [1.165, 1.54) is 6.33 Å². The number of carbonyl (C=O) groups excluding carboxylic acids is 1. The number of carbonyl (C=O) groups is 1. The Morgan fingerprint density at radius 1 is 1.03 bits per heavy atom. The first-order valence-corrected chi connectivity index (χ1v) is 9.87. The number of hydrogen-bond acceptors (Lipinski definition) is 7. The second-order valence-corrected chi connectivity index (χ2v) is 7.49. The van der Waals surface area contributed by atoms with Gasteiger partial charge in [0.1, 0.15) is 23.7 Å². The number of hydrogen-bond donors (Lipinski definition) is 4. The number of halogens is 1. The molecule has 0 bridgehead atoms. The first-order valence-electron chi connectivity index (χ1n) is 9.50. The zero-order valence-corrected chi connectivity index (χ0v) is 17.7. The molecule has 4 rings (SSSR count). The minimum atomic E-state index is -0.209. The van der Waals surface area contributed by atoms with Gasteiger partial charge >= 0.3 is 0 Å². The molecule has 0 spiro atoms. The Hall–Kier alpha value is -3.69. The van der Waals surface area contributed by atoms with Gasteiger partial charge < -0.3 is 16.0 Å². The molecular formula is C21H21ClN8O. The molecule has 0 aliphatic rings. The monoisotopic (exact) mass is 436 g/mol. The number of fused-ring (bicyclic) bond motifs is 1. The van der Waals surface area contributed by atoms with Crippen LogP contribution >= 0.6 is 11.6 Å². The lowest BCUT2D eigenvalue weighted by Crippen LogP contribution is -2.32. The number of rotatable bonds is 8. The van der Waals surface area contributed by atoms with Gasteiger partial charge in [0.15, 0.2) is 11.5 Å². The van der Waals surface area contributed by atoms with Crippen LogP contribution < -0.4 is 16.0 Å². The van der Waals surface area contributed by atoms with Crippen LogP contribution in [0.2, 0.25) is 5.02 Å². The topological polar surface area (TPSA) is 111 Å². The highest BCUT2D eigenvalue weighted by atomic mass is 35.5. The van der Waals surface area contributed by atoms with Crippen LogP contribution in [-0.4, -0.2) is 45.6 Å². The average molecular weight is 437 g/mol. The normalized spacial score (nSPS) is 12.0. The van der Waals surface area contributed by atoms with E-state index in [2.05, 4.69) is 36.1 Å². The summed E-state index contributed by atoms with van der Waals surface area (Å²) in [6, 6.07) is 15.1. The van der Waals surface area contributed by atoms with Crippen molar-refractivity contribution in [2.24, 2.45) is 0 Å². The first kappa shape index (κ1) is 20.6. The minimum Gasteiger partial charge on any atom is -0.339 e. The zero-order valence-electron chi connectivity index (χ0n) is 16.9. The fourth-order valence-corrected chi connectivity index (χ4v) is 3.43. The summed E-state index contributed by atoms with van der Waals surface area (Å²) < 4.78 is 0. The molecule has 9 nitrogen and oxygen atoms in total. The molecule has 1 amide bonds. The van der Waals surface area contributed by atoms with Gasteiger partial charge in [-0.1, -0.05) is 29.8 Å². The predicted molar refractivity (Wildman–Crippen MR) is 122 cm³/mol. The van der Waals surface area contributed by atoms with Crippen molar-refractivity contribution in [2.75, 3.05) is 24.7 Å². The summed E-state index contributed by atoms with van der Waals surface area (Å²) in [5, 5.41) is 18.0. The Kier molecular flexibility index (Phi) is 5.96. The summed E-state index contributed by atoms with van der Waals surface area (Å²) >= 11 is 6.09. The lowest BCUT2D eigenvalue weighted by molar-refractivity contribution is -0.111. The second kappa shape index (κ2) is 8.99. The van der Waals surface area contributed by atoms with Crippen molar-refractivity contribution in [2.45, 2.75) is 6.17 Å². The average Bonchev–Trinajstić information content (AvgIpc) is 3.16. The lowest BCUT2D eigenvalue weighted by atomic mass is 10.1. The number of anilines is 4. The number of amides is 1. The number of aromatic nitrogens is 4. The Balaban J connectivity index is 1.61. The summed E-state index contributed by atoms with van der Waals surface area (Å²) in [5.41, 5.74) is 3.20. The van der Waals surface area contributed by atoms with Gasteiger partial charge in [0.2, 0.25) is 6.41 Å². The van der Waals surface area contributed by atoms with E-state index in [0.717, 1.165) is 22.3 Å². The van der Waals surface area contributed by atoms with Crippen molar-refractivity contribution in [1.82, 2.24) is 30.4 Å². The number of aromatic amines is 1. The predicted octanol–water partition coefficient (Wildman–Crippen LogP) is 3.80. The van der Waals surface area contributed by atoms with Gasteiger partial charge in [-0.3, -0.25) is 14.8 Å². The molecule has 4 N–H and O–H groups in total. The Labute approximate surface area is 183 Å². The molecule has 0 saturated carbocycles. The van der Waals surface area contributed by atoms with Crippen molar-refractivity contribution < 1.29 is 4.79 Å². The van der Waals surface area contributed by atoms with Crippen LogP contribution in [0, 0.1) is 0 Å². The largest absolute Gasteiger partial charge is 0.339 e. The lowest BCUT2D eigenvalue weighted by Gasteiger charge is -2.24. The van der Waals surface area contributed by atoms with Crippen LogP contribution in [0.15, 0.2) is 54.9 Å². The smallest absolute Gasteiger partial charge is 0.208 e. The van der Waals surface area contributed by atoms with Gasteiger partial charge in [0, 0.05) is 16.4 Å². The molecule has 2 aromatic heterocycles. The van der Waals surface area contributed by atoms with Crippen molar-refractivity contribution in [3.05, 3.63) is 65.4 Å². The van der Waals surface area contributed by atoms with Gasteiger partial charge in [-0.15, -0.1) is 0 Å². The van der Waals surface area contributed by atoms with Crippen molar-refractivity contribution >= 4 is 52.1 Å². The van der Waals surface area contributed by atoms with Crippen LogP contribution in [0.1, 0.15) is 11.7 Å². The second-order valence-electron chi connectivity index (χ2n) is 7.05. The number of nitrogens with one attached hydrogen (secondary N) is 4. The van der Waals surface area contributed by atoms with Crippen LogP contribution in [-0.2, 0) is 4.79 Å². The highest BCUT2D eigenvalue weighted by Gasteiger charge is 2.15. The molecule has 158 valence electrons. The van der Waals surface area contributed by atoms with Crippen LogP contribution in [0.4, 0.5) is 23.0 Å². The van der Waals surface area contributed by atoms with E-state index in [1.807, 2.05) is 67.5 Å². The molecule has 0 aliphatic heterocycles. The van der Waals surface area contributed by atoms with Gasteiger partial charge in [-0.05, 0) is 50.0 Å². The van der Waals surface area contributed by atoms with Crippen LogP contribution in [0.25, 0.3) is 11.0 Å². The summed E-state index contributed by atoms with van der Waals surface area (Å²) in [6.07, 6.45) is 1.95. The number of benzene rings is 2. The Morgan fingerprint density at radius 2 is 1.81 bits per heavy atom. The summed E-state index contributed by atoms with van der Waals surface area (Å²) in [4.78, 5) is 21.4. The SMILES string of the molecule is CN(C)C(NC=O)c1ccc(Nc2n[nH]c3ncnc(Nc4cccc(Cl)c4)c23)cc1. The summed E-state index contributed by atoms with van der Waals surface area (Å²) in [5.74, 6) is 1.19. The summed E-state index contributed by atoms with van der Waals surface area (Å²) in [7, 11) is 3.80. The highest BCUT2D eigenvalue weighted by molar-refractivity contribution is 6.30. The molecule has 10 heteroatoms. The summed E-state index contributed by atoms with van der Waals surface area (Å²) in [6.45, 7) is 0. The van der Waals surface area contributed by atoms with Crippen molar-refractivity contribution in [1.29, 1.82) is 0 Å². The van der Waals surface area contributed by atoms with Gasteiger partial charge in [0.25, 0.3) is 0 Å². The quantitative estimate of drug-likeness (QED) is 0.245. The van der Waals surface area contributed by atoms with E-state index in [1.54, 1.807) is 0 Å². The Bertz CT molecular complexity index is 1190.